The average molecular weight is 210 g/mol. The van der Waals surface area contributed by atoms with Gasteiger partial charge in [0.1, 0.15) is 5.54 Å². The molecular weight excluding hydrogens is 192 g/mol. The molecule has 0 spiro atoms. The Hall–Kier alpha value is -0.870. The van der Waals surface area contributed by atoms with Crippen LogP contribution in [-0.2, 0) is 9.53 Å². The number of nitrogens with two attached hydrogens (primary N) is 1. The Balaban J connectivity index is 1.88. The number of rotatable bonds is 2. The minimum Gasteiger partial charge on any atom is -0.379 e. The van der Waals surface area contributed by atoms with Crippen LogP contribution in [0.5, 0.6) is 0 Å². The van der Waals surface area contributed by atoms with Crippen LogP contribution in [0.4, 0.5) is 0 Å². The lowest BCUT2D eigenvalue weighted by atomic mass is 9.96. The van der Waals surface area contributed by atoms with Crippen molar-refractivity contribution in [3.05, 3.63) is 12.2 Å². The molecule has 2 unspecified atom stereocenters. The summed E-state index contributed by atoms with van der Waals surface area (Å²) in [6.07, 6.45) is 7.87. The van der Waals surface area contributed by atoms with E-state index in [1.165, 1.54) is 0 Å². The predicted molar refractivity (Wildman–Crippen MR) is 57.3 cm³/mol. The Kier molecular flexibility index (Phi) is 3.07. The van der Waals surface area contributed by atoms with Gasteiger partial charge in [0.15, 0.2) is 0 Å². The first-order chi connectivity index (χ1) is 7.21. The second kappa shape index (κ2) is 4.33. The molecule has 1 aliphatic carbocycles. The van der Waals surface area contributed by atoms with Gasteiger partial charge in [-0.05, 0) is 25.7 Å². The molecule has 2 aliphatic rings. The van der Waals surface area contributed by atoms with E-state index in [0.29, 0.717) is 19.6 Å². The Morgan fingerprint density at radius 1 is 1.53 bits per heavy atom. The first-order valence-corrected chi connectivity index (χ1v) is 5.53. The number of hydrogen-bond acceptors (Lipinski definition) is 3. The van der Waals surface area contributed by atoms with E-state index in [1.807, 2.05) is 0 Å². The highest BCUT2D eigenvalue weighted by molar-refractivity contribution is 5.86. The Bertz CT molecular complexity index is 270. The topological polar surface area (TPSA) is 64.4 Å². The minimum absolute atomic E-state index is 0.0553. The van der Waals surface area contributed by atoms with Crippen LogP contribution in [0.3, 0.4) is 0 Å². The summed E-state index contributed by atoms with van der Waals surface area (Å²) in [4.78, 5) is 11.9. The summed E-state index contributed by atoms with van der Waals surface area (Å²) in [7, 11) is 0. The molecule has 1 amide bonds. The van der Waals surface area contributed by atoms with Crippen LogP contribution in [0.1, 0.15) is 25.7 Å². The third kappa shape index (κ3) is 2.38. The van der Waals surface area contributed by atoms with Gasteiger partial charge in [-0.15, -0.1) is 0 Å². The van der Waals surface area contributed by atoms with Crippen molar-refractivity contribution < 1.29 is 9.53 Å². The predicted octanol–water partition coefficient (Wildman–Crippen LogP) is 0.329. The molecule has 3 N–H and O–H groups in total. The number of carbonyl (C=O) groups is 1. The summed E-state index contributed by atoms with van der Waals surface area (Å²) in [5.74, 6) is -0.0553. The molecule has 2 atom stereocenters. The zero-order chi connectivity index (χ0) is 10.7. The van der Waals surface area contributed by atoms with Crippen molar-refractivity contribution in [2.45, 2.75) is 37.3 Å². The summed E-state index contributed by atoms with van der Waals surface area (Å²) in [6.45, 7) is 0.940. The Labute approximate surface area is 89.9 Å². The molecule has 0 bridgehead atoms. The summed E-state index contributed by atoms with van der Waals surface area (Å²) >= 11 is 0. The van der Waals surface area contributed by atoms with Crippen LogP contribution in [0.15, 0.2) is 12.2 Å². The third-order valence-corrected chi connectivity index (χ3v) is 3.11. The fraction of sp³-hybridized carbons (Fsp3) is 0.727. The van der Waals surface area contributed by atoms with Crippen LogP contribution < -0.4 is 11.1 Å². The Morgan fingerprint density at radius 3 is 3.00 bits per heavy atom. The summed E-state index contributed by atoms with van der Waals surface area (Å²) in [6, 6.07) is 0.253. The molecule has 2 rings (SSSR count). The highest BCUT2D eigenvalue weighted by Crippen LogP contribution is 2.17. The molecule has 4 heteroatoms. The quantitative estimate of drug-likeness (QED) is 0.645. The van der Waals surface area contributed by atoms with Gasteiger partial charge in [-0.2, -0.15) is 0 Å². The zero-order valence-electron chi connectivity index (χ0n) is 8.87. The average Bonchev–Trinajstić information content (AvgIpc) is 2.68. The largest absolute Gasteiger partial charge is 0.379 e. The van der Waals surface area contributed by atoms with Crippen LogP contribution >= 0.6 is 0 Å². The first-order valence-electron chi connectivity index (χ1n) is 5.53. The van der Waals surface area contributed by atoms with E-state index in [-0.39, 0.29) is 11.9 Å². The van der Waals surface area contributed by atoms with Crippen molar-refractivity contribution in [1.82, 2.24) is 5.32 Å². The summed E-state index contributed by atoms with van der Waals surface area (Å²) in [5, 5.41) is 3.01. The van der Waals surface area contributed by atoms with Gasteiger partial charge in [-0.1, -0.05) is 12.2 Å². The van der Waals surface area contributed by atoms with E-state index in [4.69, 9.17) is 10.5 Å². The van der Waals surface area contributed by atoms with Gasteiger partial charge in [0.25, 0.3) is 0 Å². The SMILES string of the molecule is NC1(C(=O)NC2CC=CCC2)CCOC1. The molecule has 0 aromatic rings. The van der Waals surface area contributed by atoms with E-state index in [9.17, 15) is 4.79 Å². The summed E-state index contributed by atoms with van der Waals surface area (Å²) < 4.78 is 5.17. The van der Waals surface area contributed by atoms with Gasteiger partial charge in [0.05, 0.1) is 6.61 Å². The first kappa shape index (κ1) is 10.6. The molecule has 0 saturated carbocycles. The number of amides is 1. The number of hydrogen-bond donors (Lipinski definition) is 2. The fourth-order valence-electron chi connectivity index (χ4n) is 2.01. The highest BCUT2D eigenvalue weighted by Gasteiger charge is 2.38. The van der Waals surface area contributed by atoms with Gasteiger partial charge in [-0.3, -0.25) is 4.79 Å². The lowest BCUT2D eigenvalue weighted by Gasteiger charge is -2.26. The van der Waals surface area contributed by atoms with Crippen molar-refractivity contribution in [2.75, 3.05) is 13.2 Å². The minimum atomic E-state index is -0.791. The lowest BCUT2D eigenvalue weighted by Crippen LogP contribution is -2.56. The molecule has 1 heterocycles. The normalized spacial score (nSPS) is 35.4. The monoisotopic (exact) mass is 210 g/mol. The molecule has 1 fully saturated rings. The van der Waals surface area contributed by atoms with Crippen molar-refractivity contribution in [2.24, 2.45) is 5.73 Å². The van der Waals surface area contributed by atoms with Gasteiger partial charge in [0, 0.05) is 12.6 Å². The Morgan fingerprint density at radius 2 is 2.40 bits per heavy atom. The third-order valence-electron chi connectivity index (χ3n) is 3.11. The van der Waals surface area contributed by atoms with Crippen LogP contribution in [0.2, 0.25) is 0 Å². The van der Waals surface area contributed by atoms with Crippen LogP contribution in [-0.4, -0.2) is 30.7 Å². The van der Waals surface area contributed by atoms with Crippen LogP contribution in [0, 0.1) is 0 Å². The molecule has 84 valence electrons. The molecule has 0 aromatic heterocycles. The van der Waals surface area contributed by atoms with E-state index in [0.717, 1.165) is 19.3 Å². The van der Waals surface area contributed by atoms with Gasteiger partial charge < -0.3 is 15.8 Å². The molecule has 0 aromatic carbocycles. The number of ether oxygens (including phenoxy) is 1. The van der Waals surface area contributed by atoms with Crippen molar-refractivity contribution in [1.29, 1.82) is 0 Å². The van der Waals surface area contributed by atoms with E-state index in [2.05, 4.69) is 17.5 Å². The van der Waals surface area contributed by atoms with Crippen molar-refractivity contribution in [3.8, 4) is 0 Å². The van der Waals surface area contributed by atoms with Gasteiger partial charge in [-0.25, -0.2) is 0 Å². The zero-order valence-corrected chi connectivity index (χ0v) is 8.87. The molecular formula is C11H18N2O2. The molecule has 0 radical (unpaired) electrons. The number of allylic oxidation sites excluding steroid dienone is 1. The standard InChI is InChI=1S/C11H18N2O2/c12-11(6-7-15-8-11)10(14)13-9-4-2-1-3-5-9/h1-2,9H,3-8,12H2,(H,13,14). The smallest absolute Gasteiger partial charge is 0.242 e. The van der Waals surface area contributed by atoms with Gasteiger partial charge >= 0.3 is 0 Å². The molecule has 1 saturated heterocycles. The van der Waals surface area contributed by atoms with Gasteiger partial charge in [0.2, 0.25) is 5.91 Å². The van der Waals surface area contributed by atoms with E-state index in [1.54, 1.807) is 0 Å². The number of carbonyl (C=O) groups excluding carboxylic acids is 1. The van der Waals surface area contributed by atoms with E-state index < -0.39 is 5.54 Å². The summed E-state index contributed by atoms with van der Waals surface area (Å²) in [5.41, 5.74) is 5.17. The highest BCUT2D eigenvalue weighted by atomic mass is 16.5. The van der Waals surface area contributed by atoms with E-state index >= 15 is 0 Å². The maximum absolute atomic E-state index is 11.9. The maximum Gasteiger partial charge on any atom is 0.242 e. The number of nitrogens with one attached hydrogen (secondary N) is 1. The van der Waals surface area contributed by atoms with Crippen molar-refractivity contribution >= 4 is 5.91 Å². The second-order valence-electron chi connectivity index (χ2n) is 4.41. The fourth-order valence-corrected chi connectivity index (χ4v) is 2.01. The second-order valence-corrected chi connectivity index (χ2v) is 4.41. The molecule has 4 nitrogen and oxygen atoms in total. The maximum atomic E-state index is 11.9. The molecule has 15 heavy (non-hydrogen) atoms. The molecule has 1 aliphatic heterocycles. The van der Waals surface area contributed by atoms with Crippen LogP contribution in [0.25, 0.3) is 0 Å². The van der Waals surface area contributed by atoms with Crippen molar-refractivity contribution in [3.63, 3.8) is 0 Å². The lowest BCUT2D eigenvalue weighted by molar-refractivity contribution is -0.127.